The summed E-state index contributed by atoms with van der Waals surface area (Å²) in [5.41, 5.74) is 3.37. The van der Waals surface area contributed by atoms with Crippen molar-refractivity contribution < 1.29 is 4.79 Å². The first-order valence-corrected chi connectivity index (χ1v) is 7.53. The zero-order chi connectivity index (χ0) is 16.1. The summed E-state index contributed by atoms with van der Waals surface area (Å²) >= 11 is 1.54. The number of carbonyl (C=O) groups is 1. The molecule has 7 nitrogen and oxygen atoms in total. The third-order valence-corrected chi connectivity index (χ3v) is 4.08. The molecule has 0 aliphatic carbocycles. The molecule has 0 aliphatic heterocycles. The van der Waals surface area contributed by atoms with Gasteiger partial charge in [-0.3, -0.25) is 14.6 Å². The van der Waals surface area contributed by atoms with Gasteiger partial charge >= 0.3 is 5.69 Å². The fraction of sp³-hybridized carbons (Fsp3) is 0.286. The molecule has 0 aromatic carbocycles. The molecule has 3 N–H and O–H groups in total. The number of aryl methyl sites for hydroxylation is 2. The van der Waals surface area contributed by atoms with Crippen LogP contribution in [0.1, 0.15) is 28.1 Å². The molecule has 22 heavy (non-hydrogen) atoms. The van der Waals surface area contributed by atoms with Gasteiger partial charge < -0.3 is 4.98 Å². The maximum atomic E-state index is 11.7. The van der Waals surface area contributed by atoms with Gasteiger partial charge in [-0.2, -0.15) is 5.10 Å². The molecule has 0 fully saturated rings. The van der Waals surface area contributed by atoms with Gasteiger partial charge in [0.1, 0.15) is 0 Å². The van der Waals surface area contributed by atoms with Gasteiger partial charge in [0, 0.05) is 22.6 Å². The molecule has 8 heteroatoms. The molecule has 2 rings (SSSR count). The monoisotopic (exact) mass is 320 g/mol. The summed E-state index contributed by atoms with van der Waals surface area (Å²) in [6, 6.07) is 1.97. The zero-order valence-corrected chi connectivity index (χ0v) is 13.0. The fourth-order valence-electron chi connectivity index (χ4n) is 1.90. The Hall–Kier alpha value is -2.48. The smallest absolute Gasteiger partial charge is 0.311 e. The molecule has 2 heterocycles. The van der Waals surface area contributed by atoms with Crippen LogP contribution < -0.4 is 16.7 Å². The summed E-state index contributed by atoms with van der Waals surface area (Å²) in [5, 5.41) is 5.84. The van der Waals surface area contributed by atoms with Gasteiger partial charge in [0.2, 0.25) is 5.91 Å². The minimum atomic E-state index is -0.549. The number of rotatable bonds is 5. The zero-order valence-electron chi connectivity index (χ0n) is 12.2. The van der Waals surface area contributed by atoms with Gasteiger partial charge in [0.05, 0.1) is 6.21 Å². The first-order valence-electron chi connectivity index (χ1n) is 6.65. The van der Waals surface area contributed by atoms with Crippen LogP contribution in [0.5, 0.6) is 0 Å². The van der Waals surface area contributed by atoms with Crippen molar-refractivity contribution in [1.29, 1.82) is 0 Å². The Morgan fingerprint density at radius 3 is 2.77 bits per heavy atom. The highest BCUT2D eigenvalue weighted by molar-refractivity contribution is 7.11. The van der Waals surface area contributed by atoms with Crippen LogP contribution in [0, 0.1) is 13.8 Å². The van der Waals surface area contributed by atoms with Crippen molar-refractivity contribution >= 4 is 23.5 Å². The lowest BCUT2D eigenvalue weighted by atomic mass is 10.1. The molecule has 0 atom stereocenters. The normalized spacial score (nSPS) is 11.0. The van der Waals surface area contributed by atoms with Crippen LogP contribution >= 0.6 is 11.3 Å². The van der Waals surface area contributed by atoms with Crippen LogP contribution in [0.15, 0.2) is 26.1 Å². The third-order valence-electron chi connectivity index (χ3n) is 3.13. The van der Waals surface area contributed by atoms with E-state index in [-0.39, 0.29) is 18.7 Å². The van der Waals surface area contributed by atoms with Crippen LogP contribution in [0.3, 0.4) is 0 Å². The Morgan fingerprint density at radius 2 is 2.14 bits per heavy atom. The number of hydrazone groups is 1. The molecule has 0 saturated carbocycles. The summed E-state index contributed by atoms with van der Waals surface area (Å²) in [6.45, 7) is 3.59. The highest BCUT2D eigenvalue weighted by atomic mass is 32.1. The summed E-state index contributed by atoms with van der Waals surface area (Å²) < 4.78 is 0. The largest absolute Gasteiger partial charge is 0.325 e. The molecule has 0 aliphatic rings. The number of carbonyl (C=O) groups excluding carboxylic acids is 1. The number of thiophene rings is 1. The number of amides is 1. The van der Waals surface area contributed by atoms with E-state index in [1.807, 2.05) is 18.4 Å². The molecule has 0 spiro atoms. The van der Waals surface area contributed by atoms with Gasteiger partial charge in [-0.25, -0.2) is 10.2 Å². The maximum absolute atomic E-state index is 11.7. The Bertz CT molecular complexity index is 816. The first kappa shape index (κ1) is 15.9. The first-order chi connectivity index (χ1) is 10.5. The van der Waals surface area contributed by atoms with Gasteiger partial charge in [-0.1, -0.05) is 0 Å². The predicted octanol–water partition coefficient (Wildman–Crippen LogP) is 0.824. The summed E-state index contributed by atoms with van der Waals surface area (Å²) in [4.78, 5) is 40.1. The quantitative estimate of drug-likeness (QED) is 0.561. The van der Waals surface area contributed by atoms with E-state index in [9.17, 15) is 14.4 Å². The molecule has 0 saturated heterocycles. The number of hydrogen-bond acceptors (Lipinski definition) is 5. The second kappa shape index (κ2) is 6.99. The van der Waals surface area contributed by atoms with E-state index < -0.39 is 11.2 Å². The Balaban J connectivity index is 1.91. The maximum Gasteiger partial charge on any atom is 0.325 e. The molecule has 0 unspecified atom stereocenters. The number of aromatic nitrogens is 2. The van der Waals surface area contributed by atoms with E-state index in [1.165, 1.54) is 11.3 Å². The van der Waals surface area contributed by atoms with Crippen LogP contribution in [0.2, 0.25) is 0 Å². The van der Waals surface area contributed by atoms with Crippen molar-refractivity contribution in [3.05, 3.63) is 54.0 Å². The van der Waals surface area contributed by atoms with E-state index in [0.717, 1.165) is 10.4 Å². The second-order valence-corrected chi connectivity index (χ2v) is 5.72. The van der Waals surface area contributed by atoms with Crippen molar-refractivity contribution in [1.82, 2.24) is 15.4 Å². The Morgan fingerprint density at radius 1 is 1.36 bits per heavy atom. The standard InChI is InChI=1S/C14H16N4O3S/c1-8-5-6-22-11(8)7-15-18-12(19)4-3-10-9(2)16-14(21)17-13(10)20/h5-7H,3-4H2,1-2H3,(H,18,19)(H2,16,17,20,21)/b15-7+. The summed E-state index contributed by atoms with van der Waals surface area (Å²) in [6.07, 6.45) is 1.93. The second-order valence-electron chi connectivity index (χ2n) is 4.77. The summed E-state index contributed by atoms with van der Waals surface area (Å²) in [5.74, 6) is -0.296. The van der Waals surface area contributed by atoms with Crippen molar-refractivity contribution in [2.75, 3.05) is 0 Å². The summed E-state index contributed by atoms with van der Waals surface area (Å²) in [7, 11) is 0. The van der Waals surface area contributed by atoms with Gasteiger partial charge in [-0.05, 0) is 37.3 Å². The van der Waals surface area contributed by atoms with Crippen molar-refractivity contribution in [2.45, 2.75) is 26.7 Å². The highest BCUT2D eigenvalue weighted by Crippen LogP contribution is 2.12. The molecular weight excluding hydrogens is 304 g/mol. The molecule has 2 aromatic heterocycles. The highest BCUT2D eigenvalue weighted by Gasteiger charge is 2.08. The van der Waals surface area contributed by atoms with Crippen LogP contribution in [-0.4, -0.2) is 22.1 Å². The minimum Gasteiger partial charge on any atom is -0.311 e. The van der Waals surface area contributed by atoms with Gasteiger partial charge in [0.25, 0.3) is 5.56 Å². The molecule has 116 valence electrons. The number of hydrogen-bond donors (Lipinski definition) is 3. The third kappa shape index (κ3) is 4.01. The lowest BCUT2D eigenvalue weighted by molar-refractivity contribution is -0.121. The average Bonchev–Trinajstić information content (AvgIpc) is 2.83. The van der Waals surface area contributed by atoms with Crippen molar-refractivity contribution in [3.63, 3.8) is 0 Å². The van der Waals surface area contributed by atoms with Gasteiger partial charge in [-0.15, -0.1) is 11.3 Å². The van der Waals surface area contributed by atoms with Crippen LogP contribution in [-0.2, 0) is 11.2 Å². The Kier molecular flexibility index (Phi) is 5.05. The lowest BCUT2D eigenvalue weighted by Gasteiger charge is -2.03. The van der Waals surface area contributed by atoms with E-state index in [2.05, 4.69) is 20.5 Å². The number of aromatic amines is 2. The van der Waals surface area contributed by atoms with E-state index in [0.29, 0.717) is 11.3 Å². The topological polar surface area (TPSA) is 107 Å². The molecule has 2 aromatic rings. The molecule has 0 bridgehead atoms. The number of H-pyrrole nitrogens is 2. The number of nitrogens with zero attached hydrogens (tertiary/aromatic N) is 1. The van der Waals surface area contributed by atoms with E-state index in [1.54, 1.807) is 13.1 Å². The van der Waals surface area contributed by atoms with Crippen LogP contribution in [0.25, 0.3) is 0 Å². The molecule has 0 radical (unpaired) electrons. The predicted molar refractivity (Wildman–Crippen MR) is 85.5 cm³/mol. The van der Waals surface area contributed by atoms with Crippen molar-refractivity contribution in [2.24, 2.45) is 5.10 Å². The van der Waals surface area contributed by atoms with Crippen LogP contribution in [0.4, 0.5) is 0 Å². The SMILES string of the molecule is Cc1ccsc1/C=N/NC(=O)CCc1c(C)[nH]c(=O)[nH]c1=O. The van der Waals surface area contributed by atoms with E-state index >= 15 is 0 Å². The fourth-order valence-corrected chi connectivity index (χ4v) is 2.69. The molecular formula is C14H16N4O3S. The van der Waals surface area contributed by atoms with Gasteiger partial charge in [0.15, 0.2) is 0 Å². The minimum absolute atomic E-state index is 0.108. The van der Waals surface area contributed by atoms with Crippen molar-refractivity contribution in [3.8, 4) is 0 Å². The molecule has 1 amide bonds. The Labute approximate surface area is 130 Å². The lowest BCUT2D eigenvalue weighted by Crippen LogP contribution is -2.28. The number of nitrogens with one attached hydrogen (secondary N) is 3. The van der Waals surface area contributed by atoms with E-state index in [4.69, 9.17) is 0 Å². The average molecular weight is 320 g/mol.